The quantitative estimate of drug-likeness (QED) is 0.905. The van der Waals surface area contributed by atoms with Crippen LogP contribution in [0.5, 0.6) is 11.5 Å². The second-order valence-corrected chi connectivity index (χ2v) is 4.41. The highest BCUT2D eigenvalue weighted by Crippen LogP contribution is 2.24. The van der Waals surface area contributed by atoms with Crippen molar-refractivity contribution < 1.29 is 4.74 Å². The van der Waals surface area contributed by atoms with E-state index >= 15 is 0 Å². The van der Waals surface area contributed by atoms with Gasteiger partial charge in [0.15, 0.2) is 0 Å². The van der Waals surface area contributed by atoms with Gasteiger partial charge in [-0.05, 0) is 12.1 Å². The van der Waals surface area contributed by atoms with Crippen molar-refractivity contribution in [1.82, 2.24) is 15.3 Å². The number of pyridine rings is 2. The van der Waals surface area contributed by atoms with Crippen molar-refractivity contribution in [2.75, 3.05) is 31.1 Å². The van der Waals surface area contributed by atoms with E-state index in [9.17, 15) is 0 Å². The Morgan fingerprint density at radius 1 is 1.05 bits per heavy atom. The van der Waals surface area contributed by atoms with E-state index in [4.69, 9.17) is 4.74 Å². The van der Waals surface area contributed by atoms with Crippen molar-refractivity contribution in [3.8, 4) is 11.5 Å². The third-order valence-corrected chi connectivity index (χ3v) is 3.05. The molecule has 1 aliphatic heterocycles. The van der Waals surface area contributed by atoms with Crippen molar-refractivity contribution in [2.24, 2.45) is 0 Å². The minimum atomic E-state index is 0.724. The highest BCUT2D eigenvalue weighted by molar-refractivity contribution is 5.49. The maximum atomic E-state index is 5.74. The molecule has 0 aliphatic carbocycles. The monoisotopic (exact) mass is 256 g/mol. The zero-order valence-electron chi connectivity index (χ0n) is 10.6. The van der Waals surface area contributed by atoms with E-state index in [-0.39, 0.29) is 0 Å². The molecule has 0 radical (unpaired) electrons. The van der Waals surface area contributed by atoms with Crippen LogP contribution < -0.4 is 15.0 Å². The van der Waals surface area contributed by atoms with E-state index < -0.39 is 0 Å². The Hall–Kier alpha value is -2.14. The van der Waals surface area contributed by atoms with Gasteiger partial charge in [-0.1, -0.05) is 0 Å². The number of aromatic nitrogens is 2. The molecule has 3 rings (SSSR count). The van der Waals surface area contributed by atoms with Gasteiger partial charge in [0, 0.05) is 38.4 Å². The summed E-state index contributed by atoms with van der Waals surface area (Å²) in [6.45, 7) is 4.01. The summed E-state index contributed by atoms with van der Waals surface area (Å²) < 4.78 is 5.74. The smallest absolute Gasteiger partial charge is 0.147 e. The normalized spacial score (nSPS) is 15.3. The first-order valence-corrected chi connectivity index (χ1v) is 6.40. The van der Waals surface area contributed by atoms with Crippen molar-refractivity contribution >= 4 is 5.69 Å². The fourth-order valence-electron chi connectivity index (χ4n) is 2.10. The van der Waals surface area contributed by atoms with Crippen LogP contribution in [0.25, 0.3) is 0 Å². The molecule has 0 amide bonds. The summed E-state index contributed by atoms with van der Waals surface area (Å²) in [6.07, 6.45) is 7.01. The third-order valence-electron chi connectivity index (χ3n) is 3.05. The molecule has 1 aliphatic rings. The lowest BCUT2D eigenvalue weighted by Gasteiger charge is -2.29. The van der Waals surface area contributed by atoms with Crippen LogP contribution in [0.4, 0.5) is 5.69 Å². The SMILES string of the molecule is c1cncc(Oc2cncc(N3CCNCC3)c2)c1. The molecule has 0 aromatic carbocycles. The fourth-order valence-corrected chi connectivity index (χ4v) is 2.10. The van der Waals surface area contributed by atoms with Gasteiger partial charge >= 0.3 is 0 Å². The second kappa shape index (κ2) is 5.67. The highest BCUT2D eigenvalue weighted by atomic mass is 16.5. The highest BCUT2D eigenvalue weighted by Gasteiger charge is 2.11. The Bertz CT molecular complexity index is 526. The van der Waals surface area contributed by atoms with E-state index in [0.29, 0.717) is 0 Å². The lowest BCUT2D eigenvalue weighted by Crippen LogP contribution is -2.43. The van der Waals surface area contributed by atoms with E-state index in [0.717, 1.165) is 43.4 Å². The largest absolute Gasteiger partial charge is 0.454 e. The first-order valence-electron chi connectivity index (χ1n) is 6.40. The lowest BCUT2D eigenvalue weighted by atomic mass is 10.3. The van der Waals surface area contributed by atoms with Crippen LogP contribution in [0.15, 0.2) is 43.0 Å². The van der Waals surface area contributed by atoms with Gasteiger partial charge in [-0.15, -0.1) is 0 Å². The molecule has 3 heterocycles. The second-order valence-electron chi connectivity index (χ2n) is 4.41. The van der Waals surface area contributed by atoms with Crippen LogP contribution >= 0.6 is 0 Å². The van der Waals surface area contributed by atoms with Crippen molar-refractivity contribution in [3.63, 3.8) is 0 Å². The molecule has 2 aromatic rings. The van der Waals surface area contributed by atoms with Crippen LogP contribution in [0.3, 0.4) is 0 Å². The van der Waals surface area contributed by atoms with Gasteiger partial charge in [0.2, 0.25) is 0 Å². The number of nitrogens with zero attached hydrogens (tertiary/aromatic N) is 3. The number of rotatable bonds is 3. The molecule has 0 saturated carbocycles. The molecule has 0 atom stereocenters. The van der Waals surface area contributed by atoms with Gasteiger partial charge in [0.1, 0.15) is 11.5 Å². The fraction of sp³-hybridized carbons (Fsp3) is 0.286. The Labute approximate surface area is 112 Å². The summed E-state index contributed by atoms with van der Waals surface area (Å²) >= 11 is 0. The van der Waals surface area contributed by atoms with Crippen molar-refractivity contribution in [1.29, 1.82) is 0 Å². The van der Waals surface area contributed by atoms with E-state index in [1.54, 1.807) is 18.6 Å². The maximum Gasteiger partial charge on any atom is 0.147 e. The van der Waals surface area contributed by atoms with E-state index in [1.807, 2.05) is 24.4 Å². The molecule has 5 heteroatoms. The molecule has 0 unspecified atom stereocenters. The van der Waals surface area contributed by atoms with Crippen molar-refractivity contribution in [3.05, 3.63) is 43.0 Å². The first kappa shape index (κ1) is 11.9. The molecule has 1 N–H and O–H groups in total. The topological polar surface area (TPSA) is 50.3 Å². The van der Waals surface area contributed by atoms with Crippen LogP contribution in [0.2, 0.25) is 0 Å². The zero-order chi connectivity index (χ0) is 12.9. The number of nitrogens with one attached hydrogen (secondary N) is 1. The predicted octanol–water partition coefficient (Wildman–Crippen LogP) is 1.68. The number of anilines is 1. The number of hydrogen-bond donors (Lipinski definition) is 1. The lowest BCUT2D eigenvalue weighted by molar-refractivity contribution is 0.477. The minimum Gasteiger partial charge on any atom is -0.454 e. The van der Waals surface area contributed by atoms with Gasteiger partial charge in [-0.3, -0.25) is 9.97 Å². The summed E-state index contributed by atoms with van der Waals surface area (Å²) in [5.41, 5.74) is 1.10. The van der Waals surface area contributed by atoms with Gasteiger partial charge in [-0.2, -0.15) is 0 Å². The molecule has 1 saturated heterocycles. The van der Waals surface area contributed by atoms with Gasteiger partial charge in [0.05, 0.1) is 24.3 Å². The van der Waals surface area contributed by atoms with Crippen LogP contribution in [0.1, 0.15) is 0 Å². The predicted molar refractivity (Wildman–Crippen MR) is 73.6 cm³/mol. The molecule has 98 valence electrons. The molecular weight excluding hydrogens is 240 g/mol. The first-order chi connectivity index (χ1) is 9.42. The molecule has 2 aromatic heterocycles. The van der Waals surface area contributed by atoms with Crippen LogP contribution in [0, 0.1) is 0 Å². The molecule has 0 bridgehead atoms. The van der Waals surface area contributed by atoms with Crippen molar-refractivity contribution in [2.45, 2.75) is 0 Å². The molecule has 0 spiro atoms. The Kier molecular flexibility index (Phi) is 3.56. The van der Waals surface area contributed by atoms with Gasteiger partial charge < -0.3 is 15.0 Å². The summed E-state index contributed by atoms with van der Waals surface area (Å²) in [7, 11) is 0. The standard InChI is InChI=1S/C14H16N4O/c1-2-13(10-16-3-1)19-14-8-12(9-17-11-14)18-6-4-15-5-7-18/h1-3,8-11,15H,4-7H2. The zero-order valence-corrected chi connectivity index (χ0v) is 10.6. The van der Waals surface area contributed by atoms with Gasteiger partial charge in [-0.25, -0.2) is 0 Å². The summed E-state index contributed by atoms with van der Waals surface area (Å²) in [5, 5.41) is 3.34. The third kappa shape index (κ3) is 3.00. The van der Waals surface area contributed by atoms with E-state index in [2.05, 4.69) is 20.2 Å². The van der Waals surface area contributed by atoms with Gasteiger partial charge in [0.25, 0.3) is 0 Å². The average Bonchev–Trinajstić information content (AvgIpc) is 2.49. The van der Waals surface area contributed by atoms with Crippen LogP contribution in [-0.2, 0) is 0 Å². The average molecular weight is 256 g/mol. The maximum absolute atomic E-state index is 5.74. The molecular formula is C14H16N4O. The number of hydrogen-bond acceptors (Lipinski definition) is 5. The summed E-state index contributed by atoms with van der Waals surface area (Å²) in [6, 6.07) is 5.75. The minimum absolute atomic E-state index is 0.724. The number of piperazine rings is 1. The molecule has 5 nitrogen and oxygen atoms in total. The number of ether oxygens (including phenoxy) is 1. The molecule has 19 heavy (non-hydrogen) atoms. The van der Waals surface area contributed by atoms with Crippen LogP contribution in [-0.4, -0.2) is 36.1 Å². The Balaban J connectivity index is 1.76. The molecule has 1 fully saturated rings. The Morgan fingerprint density at radius 3 is 2.68 bits per heavy atom. The summed E-state index contributed by atoms with van der Waals surface area (Å²) in [4.78, 5) is 10.6. The summed E-state index contributed by atoms with van der Waals surface area (Å²) in [5.74, 6) is 1.46. The Morgan fingerprint density at radius 2 is 1.89 bits per heavy atom. The van der Waals surface area contributed by atoms with E-state index in [1.165, 1.54) is 0 Å².